The minimum Gasteiger partial charge on any atom is -0.373 e. The molecule has 0 spiro atoms. The maximum absolute atomic E-state index is 12.5. The Balaban J connectivity index is 2.17. The van der Waals surface area contributed by atoms with Crippen LogP contribution in [0.1, 0.15) is 29.8 Å². The summed E-state index contributed by atoms with van der Waals surface area (Å²) in [6.45, 7) is 7.00. The van der Waals surface area contributed by atoms with Gasteiger partial charge in [-0.2, -0.15) is 0 Å². The van der Waals surface area contributed by atoms with Gasteiger partial charge in [-0.25, -0.2) is 0 Å². The second kappa shape index (κ2) is 7.58. The van der Waals surface area contributed by atoms with Gasteiger partial charge in [-0.15, -0.1) is 0 Å². The first-order valence-electron chi connectivity index (χ1n) is 7.50. The van der Waals surface area contributed by atoms with Crippen LogP contribution in [-0.2, 0) is 4.74 Å². The molecular weight excluding hydrogens is 359 g/mol. The number of morpholine rings is 1. The summed E-state index contributed by atoms with van der Waals surface area (Å²) in [7, 11) is 0. The molecule has 0 aromatic heterocycles. The van der Waals surface area contributed by atoms with Crippen molar-refractivity contribution in [1.29, 1.82) is 0 Å². The van der Waals surface area contributed by atoms with E-state index in [-0.39, 0.29) is 18.1 Å². The van der Waals surface area contributed by atoms with E-state index in [1.807, 2.05) is 37.8 Å². The third kappa shape index (κ3) is 5.23. The highest BCUT2D eigenvalue weighted by molar-refractivity contribution is 6.68. The number of carbonyl (C=O) groups excluding carboxylic acids is 1. The fraction of sp³-hybridized carbons (Fsp3) is 0.562. The Kier molecular flexibility index (Phi) is 6.20. The van der Waals surface area contributed by atoms with Gasteiger partial charge in [0.05, 0.1) is 12.2 Å². The van der Waals surface area contributed by atoms with Gasteiger partial charge in [0.1, 0.15) is 6.17 Å². The highest BCUT2D eigenvalue weighted by Gasteiger charge is 2.41. The highest BCUT2D eigenvalue weighted by Crippen LogP contribution is 2.33. The molecule has 1 saturated heterocycles. The van der Waals surface area contributed by atoms with Crippen molar-refractivity contribution in [1.82, 2.24) is 10.2 Å². The zero-order valence-electron chi connectivity index (χ0n) is 13.4. The van der Waals surface area contributed by atoms with Crippen molar-refractivity contribution in [3.05, 3.63) is 35.4 Å². The molecule has 1 aromatic rings. The molecule has 2 rings (SSSR count). The second-order valence-electron chi connectivity index (χ2n) is 6.00. The molecule has 1 aliphatic heterocycles. The molecule has 3 atom stereocenters. The Labute approximate surface area is 152 Å². The normalized spacial score (nSPS) is 24.3. The molecule has 1 aromatic carbocycles. The van der Waals surface area contributed by atoms with E-state index < -0.39 is 9.96 Å². The lowest BCUT2D eigenvalue weighted by Gasteiger charge is -2.42. The lowest BCUT2D eigenvalue weighted by molar-refractivity contribution is -0.0826. The van der Waals surface area contributed by atoms with Gasteiger partial charge in [0.2, 0.25) is 3.79 Å². The molecule has 0 unspecified atom stereocenters. The standard InChI is InChI=1S/C16H21Cl3N2O2/c1-10-5-4-6-13(7-10)14(22)20-15(16(17,18)19)21-8-11(2)23-12(3)9-21/h4-7,11-12,15H,8-9H2,1-3H3,(H,20,22)/t11-,12-,15+/m0/s1. The van der Waals surface area contributed by atoms with Gasteiger partial charge in [-0.3, -0.25) is 9.69 Å². The van der Waals surface area contributed by atoms with Crippen molar-refractivity contribution < 1.29 is 9.53 Å². The number of alkyl halides is 3. The van der Waals surface area contributed by atoms with Crippen molar-refractivity contribution in [2.24, 2.45) is 0 Å². The molecule has 0 aliphatic carbocycles. The van der Waals surface area contributed by atoms with Crippen LogP contribution in [0.5, 0.6) is 0 Å². The Morgan fingerprint density at radius 2 is 1.91 bits per heavy atom. The van der Waals surface area contributed by atoms with Gasteiger partial charge in [0, 0.05) is 18.7 Å². The first-order valence-corrected chi connectivity index (χ1v) is 8.64. The number of hydrogen-bond donors (Lipinski definition) is 1. The third-order valence-electron chi connectivity index (χ3n) is 3.67. The molecule has 1 fully saturated rings. The van der Waals surface area contributed by atoms with E-state index in [0.29, 0.717) is 18.7 Å². The number of halogens is 3. The summed E-state index contributed by atoms with van der Waals surface area (Å²) in [6, 6.07) is 7.29. The number of hydrogen-bond acceptors (Lipinski definition) is 3. The summed E-state index contributed by atoms with van der Waals surface area (Å²) < 4.78 is 4.06. The Morgan fingerprint density at radius 1 is 1.30 bits per heavy atom. The van der Waals surface area contributed by atoms with Crippen molar-refractivity contribution in [3.8, 4) is 0 Å². The monoisotopic (exact) mass is 378 g/mol. The van der Waals surface area contributed by atoms with Crippen LogP contribution < -0.4 is 5.32 Å². The highest BCUT2D eigenvalue weighted by atomic mass is 35.6. The van der Waals surface area contributed by atoms with Crippen LogP contribution in [0.2, 0.25) is 0 Å². The van der Waals surface area contributed by atoms with E-state index in [1.165, 1.54) is 0 Å². The van der Waals surface area contributed by atoms with Crippen LogP contribution in [0.25, 0.3) is 0 Å². The zero-order valence-corrected chi connectivity index (χ0v) is 15.6. The number of amides is 1. The molecule has 0 saturated carbocycles. The molecule has 23 heavy (non-hydrogen) atoms. The van der Waals surface area contributed by atoms with Crippen molar-refractivity contribution in [3.63, 3.8) is 0 Å². The van der Waals surface area contributed by atoms with E-state index >= 15 is 0 Å². The largest absolute Gasteiger partial charge is 0.373 e. The molecule has 1 N–H and O–H groups in total. The van der Waals surface area contributed by atoms with Gasteiger partial charge < -0.3 is 10.1 Å². The molecule has 1 heterocycles. The maximum atomic E-state index is 12.5. The fourth-order valence-corrected chi connectivity index (χ4v) is 3.38. The second-order valence-corrected chi connectivity index (χ2v) is 8.37. The van der Waals surface area contributed by atoms with Crippen molar-refractivity contribution >= 4 is 40.7 Å². The average molecular weight is 380 g/mol. The SMILES string of the molecule is Cc1cccc(C(=O)N[C@H](N2C[C@H](C)O[C@@H](C)C2)C(Cl)(Cl)Cl)c1. The summed E-state index contributed by atoms with van der Waals surface area (Å²) in [5.74, 6) is -0.267. The average Bonchev–Trinajstić information content (AvgIpc) is 2.42. The lowest BCUT2D eigenvalue weighted by Crippen LogP contribution is -2.60. The van der Waals surface area contributed by atoms with Crippen LogP contribution >= 0.6 is 34.8 Å². The minimum atomic E-state index is -1.64. The Morgan fingerprint density at radius 3 is 2.43 bits per heavy atom. The number of ether oxygens (including phenoxy) is 1. The summed E-state index contributed by atoms with van der Waals surface area (Å²) in [6.07, 6.45) is -0.719. The summed E-state index contributed by atoms with van der Waals surface area (Å²) in [5.41, 5.74) is 1.54. The summed E-state index contributed by atoms with van der Waals surface area (Å²) in [4.78, 5) is 14.5. The number of benzene rings is 1. The molecule has 128 valence electrons. The number of carbonyl (C=O) groups is 1. The first kappa shape index (κ1) is 18.8. The van der Waals surface area contributed by atoms with Crippen molar-refractivity contribution in [2.45, 2.75) is 42.9 Å². The Bertz CT molecular complexity index is 553. The van der Waals surface area contributed by atoms with Gasteiger partial charge >= 0.3 is 0 Å². The third-order valence-corrected chi connectivity index (χ3v) is 4.29. The number of aryl methyl sites for hydroxylation is 1. The minimum absolute atomic E-state index is 0.00414. The quantitative estimate of drug-likeness (QED) is 0.817. The van der Waals surface area contributed by atoms with Gasteiger partial charge in [-0.1, -0.05) is 52.5 Å². The number of nitrogens with one attached hydrogen (secondary N) is 1. The maximum Gasteiger partial charge on any atom is 0.252 e. The van der Waals surface area contributed by atoms with Gasteiger partial charge in [0.15, 0.2) is 0 Å². The van der Waals surface area contributed by atoms with Crippen LogP contribution in [-0.4, -0.2) is 46.1 Å². The molecule has 4 nitrogen and oxygen atoms in total. The van der Waals surface area contributed by atoms with E-state index in [9.17, 15) is 4.79 Å². The van der Waals surface area contributed by atoms with Gasteiger partial charge in [0.25, 0.3) is 5.91 Å². The predicted octanol–water partition coefficient (Wildman–Crippen LogP) is 3.53. The number of nitrogens with zero attached hydrogens (tertiary/aromatic N) is 1. The van der Waals surface area contributed by atoms with Crippen LogP contribution in [0.3, 0.4) is 0 Å². The predicted molar refractivity (Wildman–Crippen MR) is 94.3 cm³/mol. The summed E-state index contributed by atoms with van der Waals surface area (Å²) >= 11 is 18.4. The topological polar surface area (TPSA) is 41.6 Å². The van der Waals surface area contributed by atoms with Crippen LogP contribution in [0.4, 0.5) is 0 Å². The lowest BCUT2D eigenvalue weighted by atomic mass is 10.1. The molecular formula is C16H21Cl3N2O2. The first-order chi connectivity index (χ1) is 10.7. The van der Waals surface area contributed by atoms with Gasteiger partial charge in [-0.05, 0) is 32.9 Å². The molecule has 0 bridgehead atoms. The zero-order chi connectivity index (χ0) is 17.2. The van der Waals surface area contributed by atoms with Crippen LogP contribution in [0.15, 0.2) is 24.3 Å². The van der Waals surface area contributed by atoms with E-state index in [1.54, 1.807) is 12.1 Å². The van der Waals surface area contributed by atoms with E-state index in [2.05, 4.69) is 5.32 Å². The van der Waals surface area contributed by atoms with Crippen molar-refractivity contribution in [2.75, 3.05) is 13.1 Å². The fourth-order valence-electron chi connectivity index (χ4n) is 2.80. The van der Waals surface area contributed by atoms with Crippen LogP contribution in [0, 0.1) is 6.92 Å². The molecule has 1 amide bonds. The smallest absolute Gasteiger partial charge is 0.252 e. The van der Waals surface area contributed by atoms with E-state index in [4.69, 9.17) is 39.5 Å². The molecule has 1 aliphatic rings. The molecule has 7 heteroatoms. The number of rotatable bonds is 3. The Hall–Kier alpha value is -0.520. The summed E-state index contributed by atoms with van der Waals surface area (Å²) in [5, 5.41) is 2.85. The van der Waals surface area contributed by atoms with E-state index in [0.717, 1.165) is 5.56 Å². The molecule has 0 radical (unpaired) electrons.